The second-order valence-electron chi connectivity index (χ2n) is 8.35. The Kier molecular flexibility index (Phi) is 7.31. The number of nitrogens with zero attached hydrogens (tertiary/aromatic N) is 3. The summed E-state index contributed by atoms with van der Waals surface area (Å²) in [6.07, 6.45) is -10.5. The Morgan fingerprint density at radius 1 is 1.08 bits per heavy atom. The van der Waals surface area contributed by atoms with E-state index in [0.29, 0.717) is 11.3 Å². The first-order valence-corrected chi connectivity index (χ1v) is 12.0. The maximum atomic E-state index is 14.7. The largest absolute Gasteiger partial charge is 0.494 e. The van der Waals surface area contributed by atoms with Gasteiger partial charge in [-0.1, -0.05) is 19.1 Å². The van der Waals surface area contributed by atoms with Crippen molar-refractivity contribution in [1.29, 1.82) is 0 Å². The van der Waals surface area contributed by atoms with Crippen LogP contribution in [-0.2, 0) is 16.8 Å². The molecule has 0 fully saturated rings. The van der Waals surface area contributed by atoms with Crippen LogP contribution in [0.25, 0.3) is 11.1 Å². The number of nitrogens with one attached hydrogen (secondary N) is 2. The molecule has 4 rings (SSSR count). The second kappa shape index (κ2) is 10.1. The quantitative estimate of drug-likeness (QED) is 0.291. The smallest absolute Gasteiger partial charge is 0.416 e. The van der Waals surface area contributed by atoms with Crippen LogP contribution in [0.3, 0.4) is 0 Å². The first-order chi connectivity index (χ1) is 17.4. The maximum Gasteiger partial charge on any atom is 0.416 e. The molecule has 3 heterocycles. The lowest BCUT2D eigenvalue weighted by Gasteiger charge is -2.41. The summed E-state index contributed by atoms with van der Waals surface area (Å²) < 4.78 is 86.4. The molecular weight excluding hydrogens is 524 g/mol. The molecule has 0 radical (unpaired) electrons. The molecule has 0 aliphatic carbocycles. The normalized spacial score (nSPS) is 18.7. The number of carbonyl (C=O) groups is 1. The number of hydrogen-bond acceptors (Lipinski definition) is 6. The third kappa shape index (κ3) is 5.63. The standard InChI is InChI=1S/C23H21F6N5O2S/c1-2-15-8-9-17(37-15)16-12-21(23(27,28)29,30-20(35)18(16)19-31-33-34-32-19)13-4-6-14(7-5-13)36-11-3-10-22(24,25)26/h4-9H,2-3,10-12H2,1H3,(H,30,35)(H,31,32,33,34)/t21-/m0/s1. The number of thiophene rings is 1. The molecule has 7 nitrogen and oxygen atoms in total. The maximum absolute atomic E-state index is 14.7. The summed E-state index contributed by atoms with van der Waals surface area (Å²) in [4.78, 5) is 14.6. The summed E-state index contributed by atoms with van der Waals surface area (Å²) in [6, 6.07) is 8.23. The zero-order valence-corrected chi connectivity index (χ0v) is 20.2. The van der Waals surface area contributed by atoms with Crippen molar-refractivity contribution in [2.75, 3.05) is 6.61 Å². The van der Waals surface area contributed by atoms with Gasteiger partial charge >= 0.3 is 12.4 Å². The van der Waals surface area contributed by atoms with E-state index in [1.165, 1.54) is 23.5 Å². The summed E-state index contributed by atoms with van der Waals surface area (Å²) in [7, 11) is 0. The molecular formula is C23H21F6N5O2S. The second-order valence-corrected chi connectivity index (χ2v) is 9.52. The molecule has 14 heteroatoms. The van der Waals surface area contributed by atoms with Crippen molar-refractivity contribution >= 4 is 28.4 Å². The Hall–Kier alpha value is -3.42. The lowest BCUT2D eigenvalue weighted by Crippen LogP contribution is -2.58. The van der Waals surface area contributed by atoms with Crippen molar-refractivity contribution in [3.63, 3.8) is 0 Å². The fourth-order valence-electron chi connectivity index (χ4n) is 4.05. The van der Waals surface area contributed by atoms with Crippen molar-refractivity contribution in [3.05, 3.63) is 57.5 Å². The number of aromatic nitrogens is 4. The van der Waals surface area contributed by atoms with Gasteiger partial charge in [-0.05, 0) is 58.7 Å². The average Bonchev–Trinajstić information content (AvgIpc) is 3.52. The van der Waals surface area contributed by atoms with Crippen molar-refractivity contribution in [1.82, 2.24) is 25.9 Å². The number of H-pyrrole nitrogens is 1. The van der Waals surface area contributed by atoms with Crippen LogP contribution in [0.15, 0.2) is 36.4 Å². The number of carbonyl (C=O) groups excluding carboxylic acids is 1. The predicted octanol–water partition coefficient (Wildman–Crippen LogP) is 5.43. The van der Waals surface area contributed by atoms with Crippen LogP contribution in [0.5, 0.6) is 5.75 Å². The summed E-state index contributed by atoms with van der Waals surface area (Å²) >= 11 is 1.28. The van der Waals surface area contributed by atoms with Crippen LogP contribution < -0.4 is 10.1 Å². The Balaban J connectivity index is 1.70. The van der Waals surface area contributed by atoms with Gasteiger partial charge in [0.05, 0.1) is 12.2 Å². The fourth-order valence-corrected chi connectivity index (χ4v) is 5.05. The van der Waals surface area contributed by atoms with Crippen LogP contribution in [0.2, 0.25) is 0 Å². The SMILES string of the molecule is CCc1ccc(C2=C(c3nnn[nH]3)C(=O)N[C@@](c3ccc(OCCCC(F)(F)F)cc3)(C(F)(F)F)C2)s1. The molecule has 0 saturated heterocycles. The number of halogens is 6. The molecule has 0 spiro atoms. The zero-order valence-electron chi connectivity index (χ0n) is 19.3. The number of benzene rings is 1. The topological polar surface area (TPSA) is 92.8 Å². The van der Waals surface area contributed by atoms with E-state index in [1.807, 2.05) is 6.92 Å². The van der Waals surface area contributed by atoms with Gasteiger partial charge in [-0.15, -0.1) is 16.4 Å². The van der Waals surface area contributed by atoms with Crippen LogP contribution in [-0.4, -0.2) is 45.5 Å². The predicted molar refractivity (Wildman–Crippen MR) is 122 cm³/mol. The third-order valence-corrected chi connectivity index (χ3v) is 7.18. The number of ether oxygens (including phenoxy) is 1. The van der Waals surface area contributed by atoms with E-state index < -0.39 is 36.6 Å². The van der Waals surface area contributed by atoms with Crippen molar-refractivity contribution < 1.29 is 35.9 Å². The molecule has 2 N–H and O–H groups in total. The van der Waals surface area contributed by atoms with Gasteiger partial charge in [0.1, 0.15) is 5.75 Å². The molecule has 198 valence electrons. The third-order valence-electron chi connectivity index (χ3n) is 5.89. The number of tetrazole rings is 1. The lowest BCUT2D eigenvalue weighted by atomic mass is 9.78. The van der Waals surface area contributed by atoms with Crippen LogP contribution in [0, 0.1) is 0 Å². The number of hydrogen-bond donors (Lipinski definition) is 2. The molecule has 2 aromatic heterocycles. The van der Waals surface area contributed by atoms with Gasteiger partial charge in [-0.2, -0.15) is 26.3 Å². The molecule has 1 aliphatic rings. The Labute approximate surface area is 210 Å². The molecule has 0 bridgehead atoms. The summed E-state index contributed by atoms with van der Waals surface area (Å²) in [5, 5.41) is 15.2. The minimum atomic E-state index is -4.90. The molecule has 1 aliphatic heterocycles. The van der Waals surface area contributed by atoms with Crippen molar-refractivity contribution in [3.8, 4) is 5.75 Å². The number of amides is 1. The summed E-state index contributed by atoms with van der Waals surface area (Å²) in [5.41, 5.74) is -2.98. The molecule has 0 unspecified atom stereocenters. The van der Waals surface area contributed by atoms with E-state index in [0.717, 1.165) is 17.0 Å². The van der Waals surface area contributed by atoms with Gasteiger partial charge in [0.15, 0.2) is 11.4 Å². The molecule has 37 heavy (non-hydrogen) atoms. The number of rotatable bonds is 8. The fraction of sp³-hybridized carbons (Fsp3) is 0.391. The van der Waals surface area contributed by atoms with Gasteiger partial charge in [0, 0.05) is 22.6 Å². The van der Waals surface area contributed by atoms with E-state index in [2.05, 4.69) is 25.9 Å². The Morgan fingerprint density at radius 3 is 2.38 bits per heavy atom. The van der Waals surface area contributed by atoms with E-state index in [1.54, 1.807) is 12.1 Å². The monoisotopic (exact) mass is 545 g/mol. The highest BCUT2D eigenvalue weighted by Gasteiger charge is 2.60. The van der Waals surface area contributed by atoms with E-state index >= 15 is 0 Å². The molecule has 3 aromatic rings. The van der Waals surface area contributed by atoms with E-state index in [-0.39, 0.29) is 41.3 Å². The Bertz CT molecular complexity index is 1270. The zero-order chi connectivity index (χ0) is 26.8. The van der Waals surface area contributed by atoms with Crippen molar-refractivity contribution in [2.24, 2.45) is 0 Å². The van der Waals surface area contributed by atoms with E-state index in [4.69, 9.17) is 4.74 Å². The number of aryl methyl sites for hydroxylation is 1. The summed E-state index contributed by atoms with van der Waals surface area (Å²) in [6.45, 7) is 1.66. The molecule has 1 aromatic carbocycles. The van der Waals surface area contributed by atoms with Gasteiger partial charge in [-0.25, -0.2) is 5.10 Å². The van der Waals surface area contributed by atoms with E-state index in [9.17, 15) is 31.1 Å². The van der Waals surface area contributed by atoms with Crippen LogP contribution in [0.1, 0.15) is 47.3 Å². The Morgan fingerprint density at radius 2 is 1.81 bits per heavy atom. The summed E-state index contributed by atoms with van der Waals surface area (Å²) in [5.74, 6) is -0.950. The minimum Gasteiger partial charge on any atom is -0.494 e. The molecule has 0 saturated carbocycles. The van der Waals surface area contributed by atoms with Crippen LogP contribution in [0.4, 0.5) is 26.3 Å². The highest BCUT2D eigenvalue weighted by molar-refractivity contribution is 7.13. The lowest BCUT2D eigenvalue weighted by molar-refractivity contribution is -0.201. The molecule has 1 amide bonds. The highest BCUT2D eigenvalue weighted by Crippen LogP contribution is 2.50. The van der Waals surface area contributed by atoms with Gasteiger partial charge in [0.25, 0.3) is 5.91 Å². The average molecular weight is 546 g/mol. The minimum absolute atomic E-state index is 0.0580. The van der Waals surface area contributed by atoms with Gasteiger partial charge in [-0.3, -0.25) is 4.79 Å². The van der Waals surface area contributed by atoms with Gasteiger partial charge < -0.3 is 10.1 Å². The number of alkyl halides is 6. The first-order valence-electron chi connectivity index (χ1n) is 11.2. The highest BCUT2D eigenvalue weighted by atomic mass is 32.1. The van der Waals surface area contributed by atoms with Crippen molar-refractivity contribution in [2.45, 2.75) is 50.5 Å². The van der Waals surface area contributed by atoms with Crippen LogP contribution >= 0.6 is 11.3 Å². The van der Waals surface area contributed by atoms with Gasteiger partial charge in [0.2, 0.25) is 0 Å². The first kappa shape index (κ1) is 26.6. The molecule has 1 atom stereocenters. The number of aromatic amines is 1.